The van der Waals surface area contributed by atoms with Gasteiger partial charge in [0.25, 0.3) is 0 Å². The second-order valence-corrected chi connectivity index (χ2v) is 10.9. The summed E-state index contributed by atoms with van der Waals surface area (Å²) in [6, 6.07) is 27.0. The second-order valence-electron chi connectivity index (χ2n) is 10.9. The van der Waals surface area contributed by atoms with Crippen LogP contribution in [0.1, 0.15) is 54.4 Å². The fourth-order valence-corrected chi connectivity index (χ4v) is 5.93. The highest BCUT2D eigenvalue weighted by Crippen LogP contribution is 2.28. The Balaban J connectivity index is 1.14. The molecular formula is C33H41N3O. The first-order valence-electron chi connectivity index (χ1n) is 14.1. The summed E-state index contributed by atoms with van der Waals surface area (Å²) in [5, 5.41) is 6.94. The Hall–Kier alpha value is -2.95. The average Bonchev–Trinajstić information content (AvgIpc) is 3.60. The van der Waals surface area contributed by atoms with E-state index < -0.39 is 0 Å². The van der Waals surface area contributed by atoms with Gasteiger partial charge in [0.15, 0.2) is 0 Å². The number of carbonyl (C=O) groups excluding carboxylic acids is 1. The van der Waals surface area contributed by atoms with Crippen molar-refractivity contribution in [2.75, 3.05) is 20.1 Å². The number of nitrogens with zero attached hydrogens (tertiary/aromatic N) is 1. The van der Waals surface area contributed by atoms with Crippen molar-refractivity contribution in [2.24, 2.45) is 5.92 Å². The van der Waals surface area contributed by atoms with E-state index in [1.165, 1.54) is 59.1 Å². The summed E-state index contributed by atoms with van der Waals surface area (Å²) in [4.78, 5) is 15.1. The van der Waals surface area contributed by atoms with Crippen LogP contribution in [0.3, 0.4) is 0 Å². The van der Waals surface area contributed by atoms with Gasteiger partial charge >= 0.3 is 0 Å². The second kappa shape index (κ2) is 12.5. The van der Waals surface area contributed by atoms with Gasteiger partial charge in [-0.25, -0.2) is 0 Å². The molecule has 0 unspecified atom stereocenters. The van der Waals surface area contributed by atoms with Crippen LogP contribution in [0.2, 0.25) is 0 Å². The molecule has 0 radical (unpaired) electrons. The maximum atomic E-state index is 13.0. The van der Waals surface area contributed by atoms with Gasteiger partial charge in [0, 0.05) is 38.6 Å². The molecule has 1 fully saturated rings. The molecule has 4 nitrogen and oxygen atoms in total. The molecule has 2 aliphatic carbocycles. The highest BCUT2D eigenvalue weighted by molar-refractivity contribution is 5.76. The third-order valence-corrected chi connectivity index (χ3v) is 8.18. The quantitative estimate of drug-likeness (QED) is 0.357. The Bertz CT molecular complexity index is 1120. The van der Waals surface area contributed by atoms with Crippen LogP contribution < -0.4 is 10.6 Å². The van der Waals surface area contributed by atoms with Crippen LogP contribution in [0.25, 0.3) is 11.1 Å². The summed E-state index contributed by atoms with van der Waals surface area (Å²) in [5.74, 6) is 0.886. The zero-order valence-corrected chi connectivity index (χ0v) is 22.2. The molecular weight excluding hydrogens is 454 g/mol. The normalized spacial score (nSPS) is 15.7. The molecule has 0 heterocycles. The molecule has 0 spiro atoms. The van der Waals surface area contributed by atoms with Crippen LogP contribution in [0.15, 0.2) is 72.8 Å². The van der Waals surface area contributed by atoms with Crippen molar-refractivity contribution < 1.29 is 4.79 Å². The molecule has 2 aliphatic rings. The first kappa shape index (κ1) is 25.7. The van der Waals surface area contributed by atoms with Gasteiger partial charge in [-0.15, -0.1) is 0 Å². The fraction of sp³-hybridized carbons (Fsp3) is 0.424. The van der Waals surface area contributed by atoms with Gasteiger partial charge in [-0.2, -0.15) is 0 Å². The van der Waals surface area contributed by atoms with Crippen molar-refractivity contribution in [2.45, 2.75) is 64.1 Å². The Morgan fingerprint density at radius 1 is 0.838 bits per heavy atom. The SMILES string of the molecule is CNCCN(Cc1ccc(-c2ccc(CNC3Cc4ccccc4C3)cc2)cc1)C(=O)CC1CCCC1. The van der Waals surface area contributed by atoms with Crippen molar-refractivity contribution >= 4 is 5.91 Å². The summed E-state index contributed by atoms with van der Waals surface area (Å²) in [6.07, 6.45) is 7.94. The van der Waals surface area contributed by atoms with E-state index in [9.17, 15) is 4.79 Å². The monoisotopic (exact) mass is 495 g/mol. The van der Waals surface area contributed by atoms with Gasteiger partial charge in [0.1, 0.15) is 0 Å². The molecule has 2 N–H and O–H groups in total. The lowest BCUT2D eigenvalue weighted by Gasteiger charge is -2.24. The summed E-state index contributed by atoms with van der Waals surface area (Å²) in [6.45, 7) is 3.16. The summed E-state index contributed by atoms with van der Waals surface area (Å²) in [7, 11) is 1.95. The predicted octanol–water partition coefficient (Wildman–Crippen LogP) is 5.74. The molecule has 0 saturated heterocycles. The molecule has 0 aliphatic heterocycles. The lowest BCUT2D eigenvalue weighted by atomic mass is 10.0. The Labute approximate surface area is 222 Å². The van der Waals surface area contributed by atoms with Gasteiger partial charge in [0.05, 0.1) is 0 Å². The standard InChI is InChI=1S/C33H41N3O/c1-34-18-19-36(33(37)20-25-6-2-3-7-25)24-27-12-16-29(17-13-27)28-14-10-26(11-15-28)23-35-32-21-30-8-4-5-9-31(30)22-32/h4-5,8-17,25,32,34-35H,2-3,6-7,18-24H2,1H3. The van der Waals surface area contributed by atoms with Crippen molar-refractivity contribution in [3.63, 3.8) is 0 Å². The molecule has 3 aromatic rings. The van der Waals surface area contributed by atoms with Gasteiger partial charge in [-0.1, -0.05) is 85.6 Å². The van der Waals surface area contributed by atoms with E-state index in [0.717, 1.165) is 32.5 Å². The van der Waals surface area contributed by atoms with E-state index in [0.29, 0.717) is 30.8 Å². The molecule has 1 amide bonds. The Morgan fingerprint density at radius 3 is 2.03 bits per heavy atom. The minimum atomic E-state index is 0.303. The van der Waals surface area contributed by atoms with Crippen LogP contribution in [0, 0.1) is 5.92 Å². The topological polar surface area (TPSA) is 44.4 Å². The maximum Gasteiger partial charge on any atom is 0.223 e. The smallest absolute Gasteiger partial charge is 0.223 e. The van der Waals surface area contributed by atoms with E-state index in [4.69, 9.17) is 0 Å². The molecule has 1 saturated carbocycles. The van der Waals surface area contributed by atoms with E-state index in [1.807, 2.05) is 11.9 Å². The molecule has 0 aromatic heterocycles. The van der Waals surface area contributed by atoms with E-state index >= 15 is 0 Å². The summed E-state index contributed by atoms with van der Waals surface area (Å²) in [5.41, 5.74) is 7.93. The highest BCUT2D eigenvalue weighted by atomic mass is 16.2. The minimum Gasteiger partial charge on any atom is -0.337 e. The number of benzene rings is 3. The number of likely N-dealkylation sites (N-methyl/N-ethyl adjacent to an activating group) is 1. The molecule has 194 valence electrons. The van der Waals surface area contributed by atoms with Gasteiger partial charge in [-0.3, -0.25) is 4.79 Å². The summed E-state index contributed by atoms with van der Waals surface area (Å²) < 4.78 is 0. The zero-order chi connectivity index (χ0) is 25.5. The predicted molar refractivity (Wildman–Crippen MR) is 152 cm³/mol. The number of fused-ring (bicyclic) bond motifs is 1. The van der Waals surface area contributed by atoms with Crippen LogP contribution >= 0.6 is 0 Å². The summed E-state index contributed by atoms with van der Waals surface area (Å²) >= 11 is 0. The largest absolute Gasteiger partial charge is 0.337 e. The fourth-order valence-electron chi connectivity index (χ4n) is 5.93. The number of amides is 1. The van der Waals surface area contributed by atoms with Gasteiger partial charge in [-0.05, 0) is 72.0 Å². The lowest BCUT2D eigenvalue weighted by Crippen LogP contribution is -2.36. The Kier molecular flexibility index (Phi) is 8.70. The van der Waals surface area contributed by atoms with E-state index in [1.54, 1.807) is 0 Å². The van der Waals surface area contributed by atoms with Crippen LogP contribution in [0.4, 0.5) is 0 Å². The van der Waals surface area contributed by atoms with Crippen LogP contribution in [0.5, 0.6) is 0 Å². The van der Waals surface area contributed by atoms with Crippen LogP contribution in [-0.4, -0.2) is 37.0 Å². The third kappa shape index (κ3) is 6.88. The Morgan fingerprint density at radius 2 is 1.43 bits per heavy atom. The van der Waals surface area contributed by atoms with Crippen molar-refractivity contribution in [3.8, 4) is 11.1 Å². The maximum absolute atomic E-state index is 13.0. The average molecular weight is 496 g/mol. The van der Waals surface area contributed by atoms with E-state index in [-0.39, 0.29) is 0 Å². The van der Waals surface area contributed by atoms with Gasteiger partial charge < -0.3 is 15.5 Å². The van der Waals surface area contributed by atoms with Crippen molar-refractivity contribution in [3.05, 3.63) is 95.1 Å². The third-order valence-electron chi connectivity index (χ3n) is 8.18. The molecule has 3 aromatic carbocycles. The number of nitrogens with one attached hydrogen (secondary N) is 2. The molecule has 0 bridgehead atoms. The molecule has 0 atom stereocenters. The van der Waals surface area contributed by atoms with Gasteiger partial charge in [0.2, 0.25) is 5.91 Å². The molecule has 5 rings (SSSR count). The molecule has 37 heavy (non-hydrogen) atoms. The van der Waals surface area contributed by atoms with E-state index in [2.05, 4.69) is 83.4 Å². The lowest BCUT2D eigenvalue weighted by molar-refractivity contribution is -0.132. The first-order valence-corrected chi connectivity index (χ1v) is 14.1. The number of carbonyl (C=O) groups is 1. The van der Waals surface area contributed by atoms with Crippen molar-refractivity contribution in [1.29, 1.82) is 0 Å². The highest BCUT2D eigenvalue weighted by Gasteiger charge is 2.22. The van der Waals surface area contributed by atoms with Crippen LogP contribution in [-0.2, 0) is 30.7 Å². The number of hydrogen-bond donors (Lipinski definition) is 2. The number of rotatable bonds is 11. The number of hydrogen-bond acceptors (Lipinski definition) is 3. The van der Waals surface area contributed by atoms with Crippen molar-refractivity contribution in [1.82, 2.24) is 15.5 Å². The zero-order valence-electron chi connectivity index (χ0n) is 22.2. The first-order chi connectivity index (χ1) is 18.2. The molecule has 4 heteroatoms. The minimum absolute atomic E-state index is 0.303.